The Morgan fingerprint density at radius 1 is 1.11 bits per heavy atom. The second-order valence-electron chi connectivity index (χ2n) is 9.42. The molecule has 1 aliphatic heterocycles. The Balaban J connectivity index is 1.19. The van der Waals surface area contributed by atoms with Gasteiger partial charge in [0, 0.05) is 44.5 Å². The number of rotatable bonds is 6. The number of aromatic amines is 2. The first-order valence-electron chi connectivity index (χ1n) is 12.1. The second kappa shape index (κ2) is 9.33. The van der Waals surface area contributed by atoms with Gasteiger partial charge >= 0.3 is 5.69 Å². The molecule has 2 aromatic heterocycles. The van der Waals surface area contributed by atoms with Crippen LogP contribution in [0.3, 0.4) is 0 Å². The molecule has 0 unspecified atom stereocenters. The summed E-state index contributed by atoms with van der Waals surface area (Å²) in [5.41, 5.74) is 0.954. The fraction of sp³-hybridized carbons (Fsp3) is 0.385. The number of alkyl halides is 2. The third kappa shape index (κ3) is 4.67. The zero-order valence-corrected chi connectivity index (χ0v) is 19.9. The van der Waals surface area contributed by atoms with E-state index in [0.29, 0.717) is 73.0 Å². The quantitative estimate of drug-likeness (QED) is 0.424. The number of aryl methyl sites for hydroxylation is 1. The number of nitrogens with one attached hydrogen (secondary N) is 2. The summed E-state index contributed by atoms with van der Waals surface area (Å²) in [4.78, 5) is 49.3. The highest BCUT2D eigenvalue weighted by molar-refractivity contribution is 5.78. The minimum Gasteiger partial charge on any atom is -0.343 e. The van der Waals surface area contributed by atoms with Crippen LogP contribution in [-0.2, 0) is 17.1 Å². The van der Waals surface area contributed by atoms with Crippen LogP contribution in [0.5, 0.6) is 0 Å². The maximum atomic E-state index is 13.7. The van der Waals surface area contributed by atoms with Crippen LogP contribution in [0.15, 0.2) is 52.1 Å². The smallest absolute Gasteiger partial charge is 0.326 e. The molecule has 188 valence electrons. The van der Waals surface area contributed by atoms with Crippen molar-refractivity contribution in [3.05, 3.63) is 74.7 Å². The van der Waals surface area contributed by atoms with E-state index < -0.39 is 5.92 Å². The predicted octanol–water partition coefficient (Wildman–Crippen LogP) is 3.86. The molecule has 1 amide bonds. The average molecular weight is 496 g/mol. The molecule has 36 heavy (non-hydrogen) atoms. The molecule has 2 N–H and O–H groups in total. The zero-order chi connectivity index (χ0) is 25.4. The van der Waals surface area contributed by atoms with Gasteiger partial charge in [-0.1, -0.05) is 18.2 Å². The zero-order valence-electron chi connectivity index (χ0n) is 19.9. The molecule has 1 aliphatic rings. The number of fused-ring (bicyclic) bond motifs is 2. The topological polar surface area (TPSA) is 104 Å². The summed E-state index contributed by atoms with van der Waals surface area (Å²) >= 11 is 0. The largest absolute Gasteiger partial charge is 0.343 e. The normalized spacial score (nSPS) is 15.1. The van der Waals surface area contributed by atoms with Gasteiger partial charge in [0.05, 0.1) is 21.9 Å². The van der Waals surface area contributed by atoms with Crippen molar-refractivity contribution in [2.75, 3.05) is 13.1 Å². The molecule has 5 rings (SSSR count). The molecule has 0 aliphatic carbocycles. The van der Waals surface area contributed by atoms with Gasteiger partial charge in [-0.2, -0.15) is 0 Å². The molecule has 4 aromatic rings. The summed E-state index contributed by atoms with van der Waals surface area (Å²) in [5.74, 6) is -2.40. The standard InChI is InChI=1S/C26H27F2N5O3/c1-26(27,28)16-9-10-21-20(15-16)30-25(36)33(21)17-11-13-32(14-12-17)23(34)8-4-7-22-29-19-6-3-2-5-18(19)24(35)31-22/h2-3,5-6,9-10,15,17H,4,7-8,11-14H2,1H3,(H,30,36)(H,29,31,35). The van der Waals surface area contributed by atoms with Crippen molar-refractivity contribution in [2.45, 2.75) is 51.0 Å². The number of aromatic nitrogens is 4. The van der Waals surface area contributed by atoms with E-state index in [1.807, 2.05) is 6.07 Å². The Morgan fingerprint density at radius 3 is 2.61 bits per heavy atom. The van der Waals surface area contributed by atoms with Crippen LogP contribution in [0.1, 0.15) is 50.0 Å². The van der Waals surface area contributed by atoms with Crippen molar-refractivity contribution in [3.8, 4) is 0 Å². The highest BCUT2D eigenvalue weighted by Crippen LogP contribution is 2.31. The molecule has 0 bridgehead atoms. The lowest BCUT2D eigenvalue weighted by molar-refractivity contribution is -0.132. The van der Waals surface area contributed by atoms with Crippen LogP contribution in [-0.4, -0.2) is 43.4 Å². The molecule has 10 heteroatoms. The number of piperidine rings is 1. The van der Waals surface area contributed by atoms with Crippen molar-refractivity contribution < 1.29 is 13.6 Å². The number of nitrogens with zero attached hydrogens (tertiary/aromatic N) is 3. The van der Waals surface area contributed by atoms with E-state index in [1.165, 1.54) is 12.1 Å². The highest BCUT2D eigenvalue weighted by Gasteiger charge is 2.28. The van der Waals surface area contributed by atoms with Gasteiger partial charge in [0.15, 0.2) is 0 Å². The number of benzene rings is 2. The lowest BCUT2D eigenvalue weighted by Crippen LogP contribution is -2.40. The van der Waals surface area contributed by atoms with Crippen LogP contribution >= 0.6 is 0 Å². The predicted molar refractivity (Wildman–Crippen MR) is 132 cm³/mol. The van der Waals surface area contributed by atoms with E-state index in [1.54, 1.807) is 33.7 Å². The first-order valence-corrected chi connectivity index (χ1v) is 12.1. The van der Waals surface area contributed by atoms with Crippen LogP contribution in [0, 0.1) is 0 Å². The molecule has 0 radical (unpaired) electrons. The van der Waals surface area contributed by atoms with Crippen molar-refractivity contribution in [3.63, 3.8) is 0 Å². The van der Waals surface area contributed by atoms with Crippen molar-refractivity contribution in [2.24, 2.45) is 0 Å². The minimum atomic E-state index is -2.99. The van der Waals surface area contributed by atoms with E-state index >= 15 is 0 Å². The summed E-state index contributed by atoms with van der Waals surface area (Å²) in [7, 11) is 0. The number of likely N-dealkylation sites (tertiary alicyclic amines) is 1. The molecule has 8 nitrogen and oxygen atoms in total. The highest BCUT2D eigenvalue weighted by atomic mass is 19.3. The lowest BCUT2D eigenvalue weighted by atomic mass is 10.0. The van der Waals surface area contributed by atoms with E-state index in [2.05, 4.69) is 15.0 Å². The van der Waals surface area contributed by atoms with Crippen molar-refractivity contribution >= 4 is 27.8 Å². The van der Waals surface area contributed by atoms with Gasteiger partial charge in [-0.15, -0.1) is 0 Å². The number of para-hydroxylation sites is 1. The number of hydrogen-bond acceptors (Lipinski definition) is 4. The number of amides is 1. The summed E-state index contributed by atoms with van der Waals surface area (Å²) in [5, 5.41) is 0.540. The van der Waals surface area contributed by atoms with Gasteiger partial charge in [-0.25, -0.2) is 18.6 Å². The van der Waals surface area contributed by atoms with Crippen LogP contribution < -0.4 is 11.2 Å². The van der Waals surface area contributed by atoms with Gasteiger partial charge in [-0.3, -0.25) is 14.2 Å². The van der Waals surface area contributed by atoms with E-state index in [0.717, 1.165) is 6.92 Å². The van der Waals surface area contributed by atoms with Crippen LogP contribution in [0.25, 0.3) is 21.9 Å². The summed E-state index contributed by atoms with van der Waals surface area (Å²) in [6.07, 6.45) is 2.59. The fourth-order valence-electron chi connectivity index (χ4n) is 4.96. The first-order chi connectivity index (χ1) is 17.2. The number of halogens is 2. The summed E-state index contributed by atoms with van der Waals surface area (Å²) in [6, 6.07) is 11.3. The Kier molecular flexibility index (Phi) is 6.19. The van der Waals surface area contributed by atoms with Crippen LogP contribution in [0.4, 0.5) is 8.78 Å². The second-order valence-corrected chi connectivity index (χ2v) is 9.42. The minimum absolute atomic E-state index is 0.0256. The number of H-pyrrole nitrogens is 2. The van der Waals surface area contributed by atoms with Gasteiger partial charge < -0.3 is 14.9 Å². The van der Waals surface area contributed by atoms with E-state index in [9.17, 15) is 23.2 Å². The Bertz CT molecular complexity index is 1540. The lowest BCUT2D eigenvalue weighted by Gasteiger charge is -2.32. The Hall–Kier alpha value is -3.82. The van der Waals surface area contributed by atoms with Crippen molar-refractivity contribution in [1.29, 1.82) is 0 Å². The number of imidazole rings is 1. The number of carbonyl (C=O) groups excluding carboxylic acids is 1. The molecular formula is C26H27F2N5O3. The fourth-order valence-corrected chi connectivity index (χ4v) is 4.96. The van der Waals surface area contributed by atoms with Gasteiger partial charge in [0.2, 0.25) is 5.91 Å². The third-order valence-electron chi connectivity index (χ3n) is 6.87. The molecule has 0 spiro atoms. The third-order valence-corrected chi connectivity index (χ3v) is 6.87. The van der Waals surface area contributed by atoms with Gasteiger partial charge in [0.25, 0.3) is 11.5 Å². The molecule has 0 saturated carbocycles. The monoisotopic (exact) mass is 495 g/mol. The molecule has 1 saturated heterocycles. The van der Waals surface area contributed by atoms with E-state index in [-0.39, 0.29) is 28.8 Å². The van der Waals surface area contributed by atoms with Crippen molar-refractivity contribution in [1.82, 2.24) is 24.4 Å². The maximum absolute atomic E-state index is 13.7. The summed E-state index contributed by atoms with van der Waals surface area (Å²) in [6.45, 7) is 1.85. The first kappa shape index (κ1) is 23.9. The SMILES string of the molecule is CC(F)(F)c1ccc2c(c1)[nH]c(=O)n2C1CCN(C(=O)CCCc2nc3ccccc3c(=O)[nH]2)CC1. The summed E-state index contributed by atoms with van der Waals surface area (Å²) < 4.78 is 29.0. The molecule has 2 aromatic carbocycles. The van der Waals surface area contributed by atoms with Crippen LogP contribution in [0.2, 0.25) is 0 Å². The Labute approximate surface area is 205 Å². The average Bonchev–Trinajstić information content (AvgIpc) is 3.18. The Morgan fingerprint density at radius 2 is 1.86 bits per heavy atom. The molecule has 1 fully saturated rings. The molecule has 0 atom stereocenters. The number of hydrogen-bond donors (Lipinski definition) is 2. The maximum Gasteiger partial charge on any atom is 0.326 e. The van der Waals surface area contributed by atoms with E-state index in [4.69, 9.17) is 0 Å². The van der Waals surface area contributed by atoms with Gasteiger partial charge in [-0.05, 0) is 43.5 Å². The molecule has 3 heterocycles. The number of carbonyl (C=O) groups is 1. The van der Waals surface area contributed by atoms with Gasteiger partial charge in [0.1, 0.15) is 5.82 Å². The molecular weight excluding hydrogens is 468 g/mol.